The molecule has 0 bridgehead atoms. The van der Waals surface area contributed by atoms with Crippen molar-refractivity contribution >= 4 is 17.5 Å². The quantitative estimate of drug-likeness (QED) is 0.914. The van der Waals surface area contributed by atoms with E-state index in [4.69, 9.17) is 0 Å². The number of piperazine rings is 1. The molecule has 1 aromatic carbocycles. The summed E-state index contributed by atoms with van der Waals surface area (Å²) in [5.74, 6) is -0.487. The van der Waals surface area contributed by atoms with Gasteiger partial charge in [0.05, 0.1) is 6.04 Å². The van der Waals surface area contributed by atoms with Crippen LogP contribution in [0.5, 0.6) is 0 Å². The van der Waals surface area contributed by atoms with Crippen molar-refractivity contribution in [3.05, 3.63) is 30.1 Å². The Kier molecular flexibility index (Phi) is 4.90. The lowest BCUT2D eigenvalue weighted by Gasteiger charge is -2.37. The molecule has 0 aromatic heterocycles. The molecule has 0 radical (unpaired) electrons. The van der Waals surface area contributed by atoms with Crippen molar-refractivity contribution in [1.82, 2.24) is 9.80 Å². The molecule has 1 atom stereocenters. The maximum atomic E-state index is 13.1. The largest absolute Gasteiger partial charge is 0.340 e. The fraction of sp³-hybridized carbons (Fsp3) is 0.467. The summed E-state index contributed by atoms with van der Waals surface area (Å²) in [6.07, 6.45) is 0. The van der Waals surface area contributed by atoms with Gasteiger partial charge in [0, 0.05) is 38.8 Å². The Labute approximate surface area is 123 Å². The molecule has 2 rings (SSSR count). The number of carbonyl (C=O) groups excluding carboxylic acids is 2. The summed E-state index contributed by atoms with van der Waals surface area (Å²) >= 11 is 0. The fourth-order valence-electron chi connectivity index (χ4n) is 2.40. The smallest absolute Gasteiger partial charge is 0.241 e. The maximum absolute atomic E-state index is 13.1. The van der Waals surface area contributed by atoms with E-state index < -0.39 is 0 Å². The van der Waals surface area contributed by atoms with Gasteiger partial charge in [0.15, 0.2) is 0 Å². The minimum Gasteiger partial charge on any atom is -0.340 e. The highest BCUT2D eigenvalue weighted by molar-refractivity contribution is 5.94. The van der Waals surface area contributed by atoms with Gasteiger partial charge in [-0.3, -0.25) is 14.5 Å². The molecule has 114 valence electrons. The summed E-state index contributed by atoms with van der Waals surface area (Å²) in [6.45, 7) is 5.96. The van der Waals surface area contributed by atoms with Crippen molar-refractivity contribution in [3.63, 3.8) is 0 Å². The molecule has 21 heavy (non-hydrogen) atoms. The Bertz CT molecular complexity index is 527. The van der Waals surface area contributed by atoms with Crippen LogP contribution in [0.25, 0.3) is 0 Å². The van der Waals surface area contributed by atoms with Gasteiger partial charge in [-0.05, 0) is 25.1 Å². The summed E-state index contributed by atoms with van der Waals surface area (Å²) in [6, 6.07) is 5.52. The number of halogens is 1. The lowest BCUT2D eigenvalue weighted by atomic mass is 10.2. The van der Waals surface area contributed by atoms with E-state index in [0.717, 1.165) is 0 Å². The van der Waals surface area contributed by atoms with Crippen LogP contribution in [0.4, 0.5) is 10.1 Å². The zero-order chi connectivity index (χ0) is 15.4. The third-order valence-electron chi connectivity index (χ3n) is 3.78. The molecule has 1 aromatic rings. The van der Waals surface area contributed by atoms with Gasteiger partial charge < -0.3 is 10.2 Å². The van der Waals surface area contributed by atoms with Crippen LogP contribution in [-0.2, 0) is 9.59 Å². The standard InChI is InChI=1S/C15H20FN3O2/c1-11(18-6-8-19(9-7-18)12(2)20)15(21)17-14-5-3-4-13(16)10-14/h3-5,10-11H,6-9H2,1-2H3,(H,17,21). The topological polar surface area (TPSA) is 52.7 Å². The molecule has 0 saturated carbocycles. The van der Waals surface area contributed by atoms with Gasteiger partial charge in [-0.2, -0.15) is 0 Å². The van der Waals surface area contributed by atoms with Crippen molar-refractivity contribution in [2.75, 3.05) is 31.5 Å². The lowest BCUT2D eigenvalue weighted by Crippen LogP contribution is -2.53. The van der Waals surface area contributed by atoms with Crippen molar-refractivity contribution in [3.8, 4) is 0 Å². The fourth-order valence-corrected chi connectivity index (χ4v) is 2.40. The van der Waals surface area contributed by atoms with E-state index in [1.807, 2.05) is 11.8 Å². The monoisotopic (exact) mass is 293 g/mol. The number of hydrogen-bond acceptors (Lipinski definition) is 3. The first kappa shape index (κ1) is 15.4. The second-order valence-corrected chi connectivity index (χ2v) is 5.22. The molecule has 1 unspecified atom stereocenters. The number of anilines is 1. The number of rotatable bonds is 3. The third kappa shape index (κ3) is 4.01. The van der Waals surface area contributed by atoms with Crippen molar-refractivity contribution < 1.29 is 14.0 Å². The summed E-state index contributed by atoms with van der Waals surface area (Å²) in [5, 5.41) is 2.71. The second kappa shape index (κ2) is 6.67. The number of benzene rings is 1. The molecule has 1 fully saturated rings. The second-order valence-electron chi connectivity index (χ2n) is 5.22. The Morgan fingerprint density at radius 1 is 1.24 bits per heavy atom. The van der Waals surface area contributed by atoms with Crippen molar-refractivity contribution in [1.29, 1.82) is 0 Å². The van der Waals surface area contributed by atoms with Crippen molar-refractivity contribution in [2.24, 2.45) is 0 Å². The molecule has 2 amide bonds. The van der Waals surface area contributed by atoms with Crippen LogP contribution in [0.3, 0.4) is 0 Å². The average Bonchev–Trinajstić information content (AvgIpc) is 2.46. The zero-order valence-corrected chi connectivity index (χ0v) is 12.3. The Morgan fingerprint density at radius 2 is 1.90 bits per heavy atom. The van der Waals surface area contributed by atoms with E-state index in [-0.39, 0.29) is 23.7 Å². The SMILES string of the molecule is CC(=O)N1CCN(C(C)C(=O)Nc2cccc(F)c2)CC1. The van der Waals surface area contributed by atoms with E-state index in [1.54, 1.807) is 24.0 Å². The van der Waals surface area contributed by atoms with Gasteiger partial charge in [0.1, 0.15) is 5.82 Å². The summed E-state index contributed by atoms with van der Waals surface area (Å²) in [4.78, 5) is 27.3. The molecule has 1 aliphatic rings. The highest BCUT2D eigenvalue weighted by atomic mass is 19.1. The minimum atomic E-state index is -0.379. The summed E-state index contributed by atoms with van der Waals surface area (Å²) in [7, 11) is 0. The highest BCUT2D eigenvalue weighted by Crippen LogP contribution is 2.12. The predicted molar refractivity (Wildman–Crippen MR) is 78.3 cm³/mol. The molecule has 5 nitrogen and oxygen atoms in total. The molecular formula is C15H20FN3O2. The number of nitrogens with zero attached hydrogens (tertiary/aromatic N) is 2. The van der Waals surface area contributed by atoms with Crippen LogP contribution in [0.15, 0.2) is 24.3 Å². The highest BCUT2D eigenvalue weighted by Gasteiger charge is 2.26. The Hall–Kier alpha value is -1.95. The normalized spacial score (nSPS) is 17.4. The van der Waals surface area contributed by atoms with Gasteiger partial charge in [-0.1, -0.05) is 6.07 Å². The summed E-state index contributed by atoms with van der Waals surface area (Å²) in [5.41, 5.74) is 0.453. The van der Waals surface area contributed by atoms with E-state index in [1.165, 1.54) is 12.1 Å². The molecule has 1 saturated heterocycles. The maximum Gasteiger partial charge on any atom is 0.241 e. The zero-order valence-electron chi connectivity index (χ0n) is 12.3. The van der Waals surface area contributed by atoms with Gasteiger partial charge in [-0.25, -0.2) is 4.39 Å². The Morgan fingerprint density at radius 3 is 2.48 bits per heavy atom. The Balaban J connectivity index is 1.90. The molecule has 6 heteroatoms. The molecular weight excluding hydrogens is 273 g/mol. The van der Waals surface area contributed by atoms with E-state index in [2.05, 4.69) is 5.32 Å². The van der Waals surface area contributed by atoms with Gasteiger partial charge in [0.25, 0.3) is 0 Å². The number of amides is 2. The van der Waals surface area contributed by atoms with Gasteiger partial charge >= 0.3 is 0 Å². The van der Waals surface area contributed by atoms with E-state index in [0.29, 0.717) is 31.9 Å². The first-order valence-corrected chi connectivity index (χ1v) is 7.03. The molecule has 0 aliphatic carbocycles. The predicted octanol–water partition coefficient (Wildman–Crippen LogP) is 1.32. The number of nitrogens with one attached hydrogen (secondary N) is 1. The lowest BCUT2D eigenvalue weighted by molar-refractivity contribution is -0.131. The van der Waals surface area contributed by atoms with Gasteiger partial charge in [0.2, 0.25) is 11.8 Å². The third-order valence-corrected chi connectivity index (χ3v) is 3.78. The number of hydrogen-bond donors (Lipinski definition) is 1. The van der Waals surface area contributed by atoms with Crippen LogP contribution >= 0.6 is 0 Å². The van der Waals surface area contributed by atoms with E-state index in [9.17, 15) is 14.0 Å². The number of carbonyl (C=O) groups is 2. The van der Waals surface area contributed by atoms with Crippen LogP contribution in [-0.4, -0.2) is 53.8 Å². The molecule has 1 heterocycles. The first-order valence-electron chi connectivity index (χ1n) is 7.03. The molecule has 1 N–H and O–H groups in total. The van der Waals surface area contributed by atoms with Crippen LogP contribution in [0, 0.1) is 5.82 Å². The van der Waals surface area contributed by atoms with Crippen LogP contribution < -0.4 is 5.32 Å². The average molecular weight is 293 g/mol. The molecule has 1 aliphatic heterocycles. The first-order chi connectivity index (χ1) is 9.97. The van der Waals surface area contributed by atoms with Gasteiger partial charge in [-0.15, -0.1) is 0 Å². The molecule has 0 spiro atoms. The van der Waals surface area contributed by atoms with E-state index >= 15 is 0 Å². The van der Waals surface area contributed by atoms with Crippen LogP contribution in [0.1, 0.15) is 13.8 Å². The van der Waals surface area contributed by atoms with Crippen LogP contribution in [0.2, 0.25) is 0 Å². The summed E-state index contributed by atoms with van der Waals surface area (Å²) < 4.78 is 13.1. The minimum absolute atomic E-state index is 0.0616. The van der Waals surface area contributed by atoms with Crippen molar-refractivity contribution in [2.45, 2.75) is 19.9 Å².